The van der Waals surface area contributed by atoms with Crippen LogP contribution in [-0.4, -0.2) is 25.8 Å². The fraction of sp³-hybridized carbons (Fsp3) is 0.125. The first-order valence-corrected chi connectivity index (χ1v) is 6.82. The van der Waals surface area contributed by atoms with Crippen LogP contribution in [0.25, 0.3) is 11.1 Å². The summed E-state index contributed by atoms with van der Waals surface area (Å²) in [7, 11) is 1.43. The van der Waals surface area contributed by atoms with Gasteiger partial charge in [0, 0.05) is 23.8 Å². The van der Waals surface area contributed by atoms with Crippen LogP contribution in [0.3, 0.4) is 0 Å². The first-order valence-electron chi connectivity index (χ1n) is 6.82. The topological polar surface area (TPSA) is 62.7 Å². The summed E-state index contributed by atoms with van der Waals surface area (Å²) in [6.07, 6.45) is 0.375. The highest BCUT2D eigenvalue weighted by atomic mass is 19.2. The number of nitrogens with one attached hydrogen (secondary N) is 2. The number of rotatable bonds is 7. The van der Waals surface area contributed by atoms with E-state index in [2.05, 4.69) is 10.5 Å². The van der Waals surface area contributed by atoms with Gasteiger partial charge in [-0.1, -0.05) is 12.1 Å². The number of halogens is 3. The number of ether oxygens (including phenoxy) is 1. The summed E-state index contributed by atoms with van der Waals surface area (Å²) < 4.78 is 45.4. The summed E-state index contributed by atoms with van der Waals surface area (Å²) in [6.45, 7) is 0.0558. The van der Waals surface area contributed by atoms with E-state index in [9.17, 15) is 18.1 Å². The number of amides is 1. The van der Waals surface area contributed by atoms with E-state index in [4.69, 9.17) is 4.74 Å². The molecule has 2 N–H and O–H groups in total. The number of carbonyl (C=O) groups excluding carboxylic acids is 1. The van der Waals surface area contributed by atoms with Crippen molar-refractivity contribution in [2.24, 2.45) is 5.10 Å². The Morgan fingerprint density at radius 1 is 1.21 bits per heavy atom. The lowest BCUT2D eigenvalue weighted by molar-refractivity contribution is -0.109. The molecule has 0 fully saturated rings. The van der Waals surface area contributed by atoms with Crippen LogP contribution in [0, 0.1) is 11.6 Å². The average Bonchev–Trinajstić information content (AvgIpc) is 2.60. The van der Waals surface area contributed by atoms with Crippen molar-refractivity contribution in [3.63, 3.8) is 0 Å². The van der Waals surface area contributed by atoms with Gasteiger partial charge in [-0.15, -0.1) is 4.48 Å². The molecule has 0 aromatic heterocycles. The van der Waals surface area contributed by atoms with Crippen molar-refractivity contribution in [1.29, 1.82) is 0 Å². The van der Waals surface area contributed by atoms with E-state index >= 15 is 0 Å². The largest absolute Gasteiger partial charge is 0.378 e. The molecular weight excluding hydrogens is 323 g/mol. The lowest BCUT2D eigenvalue weighted by Crippen LogP contribution is -2.15. The minimum Gasteiger partial charge on any atom is -0.378 e. The van der Waals surface area contributed by atoms with Crippen molar-refractivity contribution in [2.45, 2.75) is 0 Å². The van der Waals surface area contributed by atoms with Crippen LogP contribution in [0.15, 0.2) is 41.5 Å². The zero-order valence-electron chi connectivity index (χ0n) is 12.6. The Morgan fingerprint density at radius 3 is 2.67 bits per heavy atom. The van der Waals surface area contributed by atoms with E-state index in [1.165, 1.54) is 30.8 Å². The number of anilines is 1. The standard InChI is InChI=1S/C16H14F3N3O2/c1-24-8-16(22-20-9-23)10-2-4-12(15(6-10)21-19)13-7-11(17)3-5-14(13)18/h2-7,9,21H,8H2,1H3,(H,20,23)/b22-16+. The molecule has 0 unspecified atom stereocenters. The molecule has 0 atom stereocenters. The zero-order valence-corrected chi connectivity index (χ0v) is 12.6. The number of methoxy groups -OCH3 is 1. The third-order valence-corrected chi connectivity index (χ3v) is 3.21. The molecule has 0 aliphatic carbocycles. The van der Waals surface area contributed by atoms with Crippen LogP contribution in [0.2, 0.25) is 0 Å². The van der Waals surface area contributed by atoms with Gasteiger partial charge >= 0.3 is 0 Å². The van der Waals surface area contributed by atoms with Gasteiger partial charge in [0.15, 0.2) is 0 Å². The normalized spacial score (nSPS) is 11.2. The highest BCUT2D eigenvalue weighted by Gasteiger charge is 2.14. The Bertz CT molecular complexity index is 766. The van der Waals surface area contributed by atoms with Crippen molar-refractivity contribution in [3.8, 4) is 11.1 Å². The van der Waals surface area contributed by atoms with Gasteiger partial charge in [0.25, 0.3) is 0 Å². The van der Waals surface area contributed by atoms with E-state index in [-0.39, 0.29) is 23.4 Å². The predicted molar refractivity (Wildman–Crippen MR) is 84.1 cm³/mol. The number of hydrogen-bond donors (Lipinski definition) is 2. The lowest BCUT2D eigenvalue weighted by atomic mass is 9.99. The SMILES string of the molecule is COC/C(=N\NC=O)c1ccc(-c2cc(F)ccc2F)c(NF)c1. The smallest absolute Gasteiger partial charge is 0.227 e. The number of benzene rings is 2. The van der Waals surface area contributed by atoms with Crippen LogP contribution < -0.4 is 11.0 Å². The van der Waals surface area contributed by atoms with E-state index in [0.29, 0.717) is 17.7 Å². The van der Waals surface area contributed by atoms with Gasteiger partial charge in [0.2, 0.25) is 6.41 Å². The van der Waals surface area contributed by atoms with Gasteiger partial charge in [-0.3, -0.25) is 4.79 Å². The molecule has 0 aliphatic heterocycles. The molecule has 0 spiro atoms. The Hall–Kier alpha value is -2.87. The van der Waals surface area contributed by atoms with Gasteiger partial charge in [-0.2, -0.15) is 5.10 Å². The lowest BCUT2D eigenvalue weighted by Gasteiger charge is -2.12. The van der Waals surface area contributed by atoms with Crippen LogP contribution in [-0.2, 0) is 9.53 Å². The first kappa shape index (κ1) is 17.5. The molecule has 0 radical (unpaired) electrons. The van der Waals surface area contributed by atoms with Crippen molar-refractivity contribution in [3.05, 3.63) is 53.6 Å². The van der Waals surface area contributed by atoms with Crippen molar-refractivity contribution < 1.29 is 22.8 Å². The minimum atomic E-state index is -0.686. The molecule has 0 heterocycles. The number of nitrogens with zero attached hydrogens (tertiary/aromatic N) is 1. The second kappa shape index (κ2) is 8.11. The Balaban J connectivity index is 2.50. The maximum Gasteiger partial charge on any atom is 0.227 e. The molecule has 2 aromatic rings. The minimum absolute atomic E-state index is 0.0558. The molecule has 0 saturated heterocycles. The van der Waals surface area contributed by atoms with Gasteiger partial charge in [0.05, 0.1) is 18.0 Å². The fourth-order valence-electron chi connectivity index (χ4n) is 2.16. The zero-order chi connectivity index (χ0) is 17.5. The molecule has 0 aliphatic rings. The molecule has 1 amide bonds. The van der Waals surface area contributed by atoms with Crippen molar-refractivity contribution >= 4 is 17.8 Å². The van der Waals surface area contributed by atoms with Crippen LogP contribution in [0.4, 0.5) is 18.9 Å². The maximum absolute atomic E-state index is 13.9. The summed E-state index contributed by atoms with van der Waals surface area (Å²) in [6, 6.07) is 7.22. The fourth-order valence-corrected chi connectivity index (χ4v) is 2.16. The second-order valence-electron chi connectivity index (χ2n) is 4.72. The summed E-state index contributed by atoms with van der Waals surface area (Å²) in [5, 5.41) is 3.80. The molecule has 8 heteroatoms. The first-order chi connectivity index (χ1) is 11.6. The summed E-state index contributed by atoms with van der Waals surface area (Å²) in [4.78, 5) is 10.4. The summed E-state index contributed by atoms with van der Waals surface area (Å²) >= 11 is 0. The van der Waals surface area contributed by atoms with E-state index in [1.54, 1.807) is 0 Å². The van der Waals surface area contributed by atoms with Crippen LogP contribution >= 0.6 is 0 Å². The van der Waals surface area contributed by atoms with E-state index in [0.717, 1.165) is 18.2 Å². The van der Waals surface area contributed by atoms with Gasteiger partial charge in [0.1, 0.15) is 11.6 Å². The molecule has 2 rings (SSSR count). The molecule has 5 nitrogen and oxygen atoms in total. The molecule has 2 aromatic carbocycles. The molecule has 126 valence electrons. The third-order valence-electron chi connectivity index (χ3n) is 3.21. The van der Waals surface area contributed by atoms with E-state index < -0.39 is 11.6 Å². The predicted octanol–water partition coefficient (Wildman–Crippen LogP) is 3.02. The van der Waals surface area contributed by atoms with Crippen molar-refractivity contribution in [2.75, 3.05) is 19.3 Å². The van der Waals surface area contributed by atoms with Gasteiger partial charge in [-0.25, -0.2) is 19.7 Å². The summed E-state index contributed by atoms with van der Waals surface area (Å²) in [5.41, 5.74) is 4.33. The summed E-state index contributed by atoms with van der Waals surface area (Å²) in [5.74, 6) is -1.33. The van der Waals surface area contributed by atoms with E-state index in [1.807, 2.05) is 0 Å². The molecule has 24 heavy (non-hydrogen) atoms. The number of carbonyl (C=O) groups is 1. The average molecular weight is 337 g/mol. The van der Waals surface area contributed by atoms with Crippen LogP contribution in [0.5, 0.6) is 0 Å². The van der Waals surface area contributed by atoms with Gasteiger partial charge in [-0.05, 0) is 24.3 Å². The number of hydrogen-bond acceptors (Lipinski definition) is 4. The van der Waals surface area contributed by atoms with Crippen LogP contribution in [0.1, 0.15) is 5.56 Å². The maximum atomic E-state index is 13.9. The Kier molecular flexibility index (Phi) is 5.91. The van der Waals surface area contributed by atoms with Gasteiger partial charge < -0.3 is 4.74 Å². The monoisotopic (exact) mass is 337 g/mol. The molecular formula is C16H14F3N3O2. The number of hydrazone groups is 1. The van der Waals surface area contributed by atoms with Crippen molar-refractivity contribution in [1.82, 2.24) is 5.43 Å². The quantitative estimate of drug-likeness (QED) is 0.353. The highest BCUT2D eigenvalue weighted by Crippen LogP contribution is 2.32. The Labute approximate surface area is 136 Å². The highest BCUT2D eigenvalue weighted by molar-refractivity contribution is 6.03. The Morgan fingerprint density at radius 2 is 2.00 bits per heavy atom. The third kappa shape index (κ3) is 3.90. The second-order valence-corrected chi connectivity index (χ2v) is 4.72. The molecule has 0 saturated carbocycles. The molecule has 0 bridgehead atoms.